The van der Waals surface area contributed by atoms with Gasteiger partial charge in [-0.1, -0.05) is 55.0 Å². The van der Waals surface area contributed by atoms with Crippen molar-refractivity contribution in [1.29, 1.82) is 0 Å². The van der Waals surface area contributed by atoms with Crippen LogP contribution < -0.4 is 10.2 Å². The van der Waals surface area contributed by atoms with E-state index in [1.807, 2.05) is 29.2 Å². The lowest BCUT2D eigenvalue weighted by Gasteiger charge is -2.35. The predicted octanol–water partition coefficient (Wildman–Crippen LogP) is 4.30. The Kier molecular flexibility index (Phi) is 3.78. The molecule has 1 aliphatic heterocycles. The number of benzene rings is 2. The second kappa shape index (κ2) is 6.07. The van der Waals surface area contributed by atoms with Gasteiger partial charge in [-0.15, -0.1) is 0 Å². The molecule has 1 atom stereocenters. The van der Waals surface area contributed by atoms with Gasteiger partial charge in [-0.3, -0.25) is 4.90 Å². The molecule has 1 saturated carbocycles. The molecule has 0 bridgehead atoms. The van der Waals surface area contributed by atoms with Gasteiger partial charge in [0, 0.05) is 12.2 Å². The number of rotatable bonds is 3. The van der Waals surface area contributed by atoms with Gasteiger partial charge in [0.2, 0.25) is 0 Å². The minimum absolute atomic E-state index is 0.0377. The van der Waals surface area contributed by atoms with Crippen LogP contribution >= 0.6 is 0 Å². The Bertz CT molecular complexity index is 694. The first-order valence-electron chi connectivity index (χ1n) is 8.54. The number of fused-ring (bicyclic) bond motifs is 1. The molecule has 23 heavy (non-hydrogen) atoms. The molecule has 2 aromatic carbocycles. The van der Waals surface area contributed by atoms with E-state index in [0.717, 1.165) is 18.7 Å². The first-order chi connectivity index (χ1) is 11.3. The average Bonchev–Trinajstić information content (AvgIpc) is 2.97. The van der Waals surface area contributed by atoms with Gasteiger partial charge in [-0.25, -0.2) is 4.79 Å². The van der Waals surface area contributed by atoms with Crippen molar-refractivity contribution in [3.63, 3.8) is 0 Å². The number of carbonyl (C=O) groups is 1. The maximum atomic E-state index is 12.9. The topological polar surface area (TPSA) is 32.3 Å². The fourth-order valence-corrected chi connectivity index (χ4v) is 3.67. The van der Waals surface area contributed by atoms with Crippen molar-refractivity contribution in [1.82, 2.24) is 5.32 Å². The molecular weight excluding hydrogens is 284 g/mol. The highest BCUT2D eigenvalue weighted by Gasteiger charge is 2.32. The van der Waals surface area contributed by atoms with Crippen molar-refractivity contribution in [2.45, 2.75) is 31.7 Å². The lowest BCUT2D eigenvalue weighted by Crippen LogP contribution is -2.44. The van der Waals surface area contributed by atoms with E-state index in [4.69, 9.17) is 0 Å². The number of hydrogen-bond donors (Lipinski definition) is 1. The number of para-hydroxylation sites is 1. The van der Waals surface area contributed by atoms with E-state index in [-0.39, 0.29) is 12.1 Å². The minimum Gasteiger partial charge on any atom is -0.331 e. The van der Waals surface area contributed by atoms with Crippen molar-refractivity contribution >= 4 is 11.7 Å². The highest BCUT2D eigenvalue weighted by Crippen LogP contribution is 2.38. The van der Waals surface area contributed by atoms with Gasteiger partial charge in [0.05, 0.1) is 6.04 Å². The Morgan fingerprint density at radius 2 is 1.78 bits per heavy atom. The number of nitrogens with zero attached hydrogens (tertiary/aromatic N) is 1. The molecule has 4 rings (SSSR count). The monoisotopic (exact) mass is 306 g/mol. The quantitative estimate of drug-likeness (QED) is 0.901. The summed E-state index contributed by atoms with van der Waals surface area (Å²) >= 11 is 0. The standard InChI is InChI=1S/C20H22N2O/c23-20(22-14-13-15-7-4-5-12-18(15)22)21-19(17-10-6-11-17)16-8-2-1-3-9-16/h1-5,7-9,12,17,19H,6,10-11,13-14H2,(H,21,23). The Hall–Kier alpha value is -2.29. The van der Waals surface area contributed by atoms with Crippen molar-refractivity contribution in [3.8, 4) is 0 Å². The van der Waals surface area contributed by atoms with Gasteiger partial charge in [0.1, 0.15) is 0 Å². The van der Waals surface area contributed by atoms with Crippen molar-refractivity contribution in [2.24, 2.45) is 5.92 Å². The van der Waals surface area contributed by atoms with Crippen LogP contribution in [0.3, 0.4) is 0 Å². The summed E-state index contributed by atoms with van der Waals surface area (Å²) in [5, 5.41) is 3.31. The first-order valence-corrected chi connectivity index (χ1v) is 8.54. The first kappa shape index (κ1) is 14.3. The van der Waals surface area contributed by atoms with Gasteiger partial charge < -0.3 is 5.32 Å². The van der Waals surface area contributed by atoms with Crippen LogP contribution in [0.4, 0.5) is 10.5 Å². The Labute approximate surface area is 137 Å². The van der Waals surface area contributed by atoms with Crippen LogP contribution in [0.1, 0.15) is 36.4 Å². The van der Waals surface area contributed by atoms with Crippen LogP contribution in [0.5, 0.6) is 0 Å². The normalized spacial score (nSPS) is 18.2. The fourth-order valence-electron chi connectivity index (χ4n) is 3.67. The number of anilines is 1. The van der Waals surface area contributed by atoms with Gasteiger partial charge in [0.15, 0.2) is 0 Å². The van der Waals surface area contributed by atoms with Gasteiger partial charge in [0.25, 0.3) is 0 Å². The Morgan fingerprint density at radius 3 is 2.52 bits per heavy atom. The zero-order valence-corrected chi connectivity index (χ0v) is 13.2. The zero-order valence-electron chi connectivity index (χ0n) is 13.2. The molecule has 1 aliphatic carbocycles. The van der Waals surface area contributed by atoms with Crippen LogP contribution in [0.15, 0.2) is 54.6 Å². The maximum absolute atomic E-state index is 12.9. The fraction of sp³-hybridized carbons (Fsp3) is 0.350. The highest BCUT2D eigenvalue weighted by molar-refractivity contribution is 5.94. The van der Waals surface area contributed by atoms with Crippen LogP contribution in [-0.4, -0.2) is 12.6 Å². The van der Waals surface area contributed by atoms with Crippen molar-refractivity contribution in [2.75, 3.05) is 11.4 Å². The summed E-state index contributed by atoms with van der Waals surface area (Å²) in [5.41, 5.74) is 3.55. The van der Waals surface area contributed by atoms with Crippen LogP contribution in [0, 0.1) is 5.92 Å². The largest absolute Gasteiger partial charge is 0.331 e. The van der Waals surface area contributed by atoms with Gasteiger partial charge in [-0.2, -0.15) is 0 Å². The smallest absolute Gasteiger partial charge is 0.322 e. The third-order valence-electron chi connectivity index (χ3n) is 5.19. The molecule has 0 saturated heterocycles. The molecular formula is C20H22N2O. The molecule has 3 heteroatoms. The third kappa shape index (κ3) is 2.72. The maximum Gasteiger partial charge on any atom is 0.322 e. The average molecular weight is 306 g/mol. The Balaban J connectivity index is 1.54. The molecule has 2 aromatic rings. The van der Waals surface area contributed by atoms with E-state index >= 15 is 0 Å². The van der Waals surface area contributed by atoms with Crippen molar-refractivity contribution in [3.05, 3.63) is 65.7 Å². The van der Waals surface area contributed by atoms with E-state index in [2.05, 4.69) is 35.6 Å². The molecule has 1 fully saturated rings. The second-order valence-electron chi connectivity index (χ2n) is 6.56. The summed E-state index contributed by atoms with van der Waals surface area (Å²) in [6.45, 7) is 0.775. The molecule has 0 aromatic heterocycles. The van der Waals surface area contributed by atoms with E-state index < -0.39 is 0 Å². The molecule has 2 amide bonds. The number of amides is 2. The zero-order chi connectivity index (χ0) is 15.6. The van der Waals surface area contributed by atoms with Crippen LogP contribution in [0.25, 0.3) is 0 Å². The van der Waals surface area contributed by atoms with Crippen LogP contribution in [0.2, 0.25) is 0 Å². The molecule has 0 radical (unpaired) electrons. The minimum atomic E-state index is 0.0377. The molecule has 2 aliphatic rings. The summed E-state index contributed by atoms with van der Waals surface area (Å²) in [4.78, 5) is 14.7. The summed E-state index contributed by atoms with van der Waals surface area (Å²) in [6.07, 6.45) is 4.63. The lowest BCUT2D eigenvalue weighted by atomic mass is 9.77. The van der Waals surface area contributed by atoms with E-state index in [1.54, 1.807) is 0 Å². The van der Waals surface area contributed by atoms with Gasteiger partial charge in [-0.05, 0) is 42.4 Å². The third-order valence-corrected chi connectivity index (χ3v) is 5.19. The molecule has 0 spiro atoms. The van der Waals surface area contributed by atoms with Gasteiger partial charge >= 0.3 is 6.03 Å². The van der Waals surface area contributed by atoms with Crippen molar-refractivity contribution < 1.29 is 4.79 Å². The Morgan fingerprint density at radius 1 is 1.04 bits per heavy atom. The SMILES string of the molecule is O=C(NC(c1ccccc1)C1CCC1)N1CCc2ccccc21. The van der Waals surface area contributed by atoms with E-state index in [0.29, 0.717) is 5.92 Å². The molecule has 1 N–H and O–H groups in total. The predicted molar refractivity (Wildman–Crippen MR) is 92.5 cm³/mol. The second-order valence-corrected chi connectivity index (χ2v) is 6.56. The number of nitrogens with one attached hydrogen (secondary N) is 1. The van der Waals surface area contributed by atoms with E-state index in [1.165, 1.54) is 30.4 Å². The summed E-state index contributed by atoms with van der Waals surface area (Å²) in [6, 6.07) is 18.8. The lowest BCUT2D eigenvalue weighted by molar-refractivity contribution is 0.212. The molecule has 1 heterocycles. The van der Waals surface area contributed by atoms with E-state index in [9.17, 15) is 4.79 Å². The molecule has 1 unspecified atom stereocenters. The summed E-state index contributed by atoms with van der Waals surface area (Å²) in [7, 11) is 0. The number of hydrogen-bond acceptors (Lipinski definition) is 1. The molecule has 3 nitrogen and oxygen atoms in total. The summed E-state index contributed by atoms with van der Waals surface area (Å²) in [5.74, 6) is 0.569. The number of urea groups is 1. The van der Waals surface area contributed by atoms with Crippen LogP contribution in [-0.2, 0) is 6.42 Å². The number of carbonyl (C=O) groups excluding carboxylic acids is 1. The molecule has 118 valence electrons. The summed E-state index contributed by atoms with van der Waals surface area (Å²) < 4.78 is 0. The highest BCUT2D eigenvalue weighted by atomic mass is 16.2.